The van der Waals surface area contributed by atoms with Crippen LogP contribution in [0.1, 0.15) is 34.5 Å². The highest BCUT2D eigenvalue weighted by atomic mass is 35.5. The van der Waals surface area contributed by atoms with E-state index >= 15 is 0 Å². The molecular weight excluding hydrogens is 326 g/mol. The van der Waals surface area contributed by atoms with Crippen LogP contribution in [-0.4, -0.2) is 5.91 Å². The monoisotopic (exact) mass is 336 g/mol. The number of carbonyl (C=O) groups excluding carboxylic acids is 1. The number of amides is 1. The summed E-state index contributed by atoms with van der Waals surface area (Å²) in [6.45, 7) is 1.68. The normalized spacial score (nSPS) is 11.6. The molecule has 0 saturated carbocycles. The van der Waals surface area contributed by atoms with E-state index in [0.29, 0.717) is 16.7 Å². The third kappa shape index (κ3) is 3.56. The second kappa shape index (κ2) is 6.78. The van der Waals surface area contributed by atoms with Gasteiger partial charge in [0.25, 0.3) is 5.91 Å². The first-order valence-electron chi connectivity index (χ1n) is 6.38. The van der Waals surface area contributed by atoms with Crippen LogP contribution >= 0.6 is 23.2 Å². The Bertz CT molecular complexity index is 771. The van der Waals surface area contributed by atoms with Gasteiger partial charge in [-0.2, -0.15) is 5.26 Å². The van der Waals surface area contributed by atoms with Crippen molar-refractivity contribution in [2.75, 3.05) is 0 Å². The predicted octanol–water partition coefficient (Wildman–Crippen LogP) is 4.50. The number of carbonyl (C=O) groups is 1. The first kappa shape index (κ1) is 16.3. The van der Waals surface area contributed by atoms with Crippen LogP contribution in [0, 0.1) is 17.1 Å². The van der Waals surface area contributed by atoms with Gasteiger partial charge in [-0.25, -0.2) is 4.39 Å². The van der Waals surface area contributed by atoms with Crippen molar-refractivity contribution in [2.24, 2.45) is 0 Å². The number of nitrogens with one attached hydrogen (secondary N) is 1. The van der Waals surface area contributed by atoms with Crippen LogP contribution < -0.4 is 5.32 Å². The van der Waals surface area contributed by atoms with Crippen molar-refractivity contribution < 1.29 is 9.18 Å². The van der Waals surface area contributed by atoms with E-state index in [4.69, 9.17) is 28.5 Å². The van der Waals surface area contributed by atoms with Crippen molar-refractivity contribution in [3.05, 3.63) is 69.0 Å². The number of hydrogen-bond donors (Lipinski definition) is 1. The molecule has 0 radical (unpaired) electrons. The molecule has 1 atom stereocenters. The average molecular weight is 337 g/mol. The summed E-state index contributed by atoms with van der Waals surface area (Å²) in [6, 6.07) is 10.2. The summed E-state index contributed by atoms with van der Waals surface area (Å²) in [7, 11) is 0. The molecular formula is C16H11Cl2FN2O. The van der Waals surface area contributed by atoms with Crippen molar-refractivity contribution in [3.8, 4) is 6.07 Å². The van der Waals surface area contributed by atoms with Crippen LogP contribution in [0.25, 0.3) is 0 Å². The number of rotatable bonds is 3. The van der Waals surface area contributed by atoms with Crippen LogP contribution in [0.2, 0.25) is 10.0 Å². The number of nitrogens with zero attached hydrogens (tertiary/aromatic N) is 1. The van der Waals surface area contributed by atoms with Gasteiger partial charge < -0.3 is 5.32 Å². The van der Waals surface area contributed by atoms with E-state index in [0.717, 1.165) is 0 Å². The standard InChI is InChI=1S/C16H11Cl2FN2O/c1-9(12-6-15(19)14(18)7-13(12)17)21-16(22)11-4-2-3-10(5-11)8-20/h2-7,9H,1H3,(H,21,22)/t9-/m0/s1. The molecule has 6 heteroatoms. The molecule has 0 saturated heterocycles. The molecule has 112 valence electrons. The lowest BCUT2D eigenvalue weighted by molar-refractivity contribution is 0.0940. The van der Waals surface area contributed by atoms with Crippen molar-refractivity contribution in [1.29, 1.82) is 5.26 Å². The maximum absolute atomic E-state index is 13.5. The molecule has 0 aliphatic rings. The Balaban J connectivity index is 2.21. The van der Waals surface area contributed by atoms with E-state index in [1.807, 2.05) is 6.07 Å². The number of halogens is 3. The summed E-state index contributed by atoms with van der Waals surface area (Å²) in [5.74, 6) is -0.982. The zero-order valence-electron chi connectivity index (χ0n) is 11.5. The molecule has 2 aromatic carbocycles. The first-order valence-corrected chi connectivity index (χ1v) is 7.13. The Morgan fingerprint density at radius 1 is 1.27 bits per heavy atom. The molecule has 2 rings (SSSR count). The summed E-state index contributed by atoms with van der Waals surface area (Å²) >= 11 is 11.7. The lowest BCUT2D eigenvalue weighted by atomic mass is 10.1. The summed E-state index contributed by atoms with van der Waals surface area (Å²) in [5, 5.41) is 11.7. The highest BCUT2D eigenvalue weighted by molar-refractivity contribution is 6.35. The molecule has 0 bridgehead atoms. The minimum Gasteiger partial charge on any atom is -0.345 e. The molecule has 0 heterocycles. The Morgan fingerprint density at radius 3 is 2.68 bits per heavy atom. The van der Waals surface area contributed by atoms with Gasteiger partial charge in [0.1, 0.15) is 5.82 Å². The fourth-order valence-electron chi connectivity index (χ4n) is 1.96. The summed E-state index contributed by atoms with van der Waals surface area (Å²) in [6.07, 6.45) is 0. The Hall–Kier alpha value is -2.09. The molecule has 22 heavy (non-hydrogen) atoms. The van der Waals surface area contributed by atoms with Gasteiger partial charge in [0.05, 0.1) is 22.7 Å². The topological polar surface area (TPSA) is 52.9 Å². The lowest BCUT2D eigenvalue weighted by Crippen LogP contribution is -2.27. The third-order valence-corrected chi connectivity index (χ3v) is 3.72. The van der Waals surface area contributed by atoms with Crippen molar-refractivity contribution in [2.45, 2.75) is 13.0 Å². The fourth-order valence-corrected chi connectivity index (χ4v) is 2.50. The lowest BCUT2D eigenvalue weighted by Gasteiger charge is -2.16. The second-order valence-corrected chi connectivity index (χ2v) is 5.49. The van der Waals surface area contributed by atoms with E-state index in [2.05, 4.69) is 5.32 Å². The maximum Gasteiger partial charge on any atom is 0.251 e. The molecule has 0 fully saturated rings. The van der Waals surface area contributed by atoms with E-state index in [1.54, 1.807) is 25.1 Å². The molecule has 0 aliphatic carbocycles. The van der Waals surface area contributed by atoms with Gasteiger partial charge in [-0.05, 0) is 42.8 Å². The van der Waals surface area contributed by atoms with Gasteiger partial charge in [-0.1, -0.05) is 29.3 Å². The van der Waals surface area contributed by atoms with E-state index < -0.39 is 11.9 Å². The maximum atomic E-state index is 13.5. The van der Waals surface area contributed by atoms with Crippen molar-refractivity contribution >= 4 is 29.1 Å². The average Bonchev–Trinajstić information content (AvgIpc) is 2.50. The Morgan fingerprint density at radius 2 is 2.00 bits per heavy atom. The third-order valence-electron chi connectivity index (χ3n) is 3.11. The van der Waals surface area contributed by atoms with Gasteiger partial charge in [-0.15, -0.1) is 0 Å². The van der Waals surface area contributed by atoms with Crippen LogP contribution in [0.3, 0.4) is 0 Å². The second-order valence-electron chi connectivity index (χ2n) is 4.68. The summed E-state index contributed by atoms with van der Waals surface area (Å²) in [4.78, 5) is 12.2. The molecule has 1 N–H and O–H groups in total. The van der Waals surface area contributed by atoms with E-state index in [-0.39, 0.29) is 16.0 Å². The highest BCUT2D eigenvalue weighted by Gasteiger charge is 2.16. The molecule has 3 nitrogen and oxygen atoms in total. The van der Waals surface area contributed by atoms with Gasteiger partial charge in [0.2, 0.25) is 0 Å². The predicted molar refractivity (Wildman–Crippen MR) is 83.5 cm³/mol. The largest absolute Gasteiger partial charge is 0.345 e. The van der Waals surface area contributed by atoms with Gasteiger partial charge in [0, 0.05) is 10.6 Å². The first-order chi connectivity index (χ1) is 10.4. The molecule has 2 aromatic rings. The minimum absolute atomic E-state index is 0.0750. The molecule has 0 spiro atoms. The quantitative estimate of drug-likeness (QED) is 0.839. The minimum atomic E-state index is -0.603. The zero-order chi connectivity index (χ0) is 16.3. The van der Waals surface area contributed by atoms with Crippen LogP contribution in [0.5, 0.6) is 0 Å². The molecule has 0 unspecified atom stereocenters. The number of benzene rings is 2. The smallest absolute Gasteiger partial charge is 0.251 e. The highest BCUT2D eigenvalue weighted by Crippen LogP contribution is 2.28. The van der Waals surface area contributed by atoms with E-state index in [1.165, 1.54) is 18.2 Å². The Kier molecular flexibility index (Phi) is 5.02. The van der Waals surface area contributed by atoms with Crippen molar-refractivity contribution in [1.82, 2.24) is 5.32 Å². The molecule has 1 amide bonds. The van der Waals surface area contributed by atoms with Gasteiger partial charge in [-0.3, -0.25) is 4.79 Å². The summed E-state index contributed by atoms with van der Waals surface area (Å²) < 4.78 is 13.5. The van der Waals surface area contributed by atoms with Crippen molar-refractivity contribution in [3.63, 3.8) is 0 Å². The molecule has 0 aliphatic heterocycles. The fraction of sp³-hybridized carbons (Fsp3) is 0.125. The van der Waals surface area contributed by atoms with Gasteiger partial charge >= 0.3 is 0 Å². The van der Waals surface area contributed by atoms with E-state index in [9.17, 15) is 9.18 Å². The van der Waals surface area contributed by atoms with Crippen LogP contribution in [0.15, 0.2) is 36.4 Å². The number of hydrogen-bond acceptors (Lipinski definition) is 2. The SMILES string of the molecule is C[C@H](NC(=O)c1cccc(C#N)c1)c1cc(F)c(Cl)cc1Cl. The van der Waals surface area contributed by atoms with Gasteiger partial charge in [0.15, 0.2) is 0 Å². The Labute approximate surface area is 137 Å². The van der Waals surface area contributed by atoms with Crippen LogP contribution in [0.4, 0.5) is 4.39 Å². The zero-order valence-corrected chi connectivity index (χ0v) is 13.0. The summed E-state index contributed by atoms with van der Waals surface area (Å²) in [5.41, 5.74) is 1.15. The number of nitriles is 1. The van der Waals surface area contributed by atoms with Crippen LogP contribution in [-0.2, 0) is 0 Å². The molecule has 0 aromatic heterocycles.